The van der Waals surface area contributed by atoms with E-state index in [-0.39, 0.29) is 6.79 Å². The van der Waals surface area contributed by atoms with Crippen molar-refractivity contribution in [3.8, 4) is 23.3 Å². The molecule has 0 bridgehead atoms. The predicted octanol–water partition coefficient (Wildman–Crippen LogP) is 1.61. The molecule has 0 aromatic heterocycles. The Kier molecular flexibility index (Phi) is 5.12. The first kappa shape index (κ1) is 16.7. The number of methoxy groups -OCH3 is 1. The van der Waals surface area contributed by atoms with Crippen LogP contribution in [0.2, 0.25) is 0 Å². The van der Waals surface area contributed by atoms with E-state index >= 15 is 0 Å². The van der Waals surface area contributed by atoms with Crippen molar-refractivity contribution >= 4 is 11.9 Å². The lowest BCUT2D eigenvalue weighted by molar-refractivity contribution is -0.149. The average molecular weight is 317 g/mol. The van der Waals surface area contributed by atoms with Gasteiger partial charge in [-0.05, 0) is 31.5 Å². The SMILES string of the molecule is CCCC(C)(NC(=O)C#Cc1ccc2c(c1)OCO2)C(=O)OC. The number of rotatable bonds is 4. The number of carbonyl (C=O) groups is 2. The molecule has 0 spiro atoms. The third-order valence-electron chi connectivity index (χ3n) is 3.47. The summed E-state index contributed by atoms with van der Waals surface area (Å²) >= 11 is 0. The number of hydrogen-bond donors (Lipinski definition) is 1. The Labute approximate surface area is 135 Å². The van der Waals surface area contributed by atoms with E-state index in [9.17, 15) is 9.59 Å². The topological polar surface area (TPSA) is 73.9 Å². The molecule has 0 saturated heterocycles. The molecule has 0 fully saturated rings. The fourth-order valence-corrected chi connectivity index (χ4v) is 2.33. The lowest BCUT2D eigenvalue weighted by atomic mass is 9.96. The van der Waals surface area contributed by atoms with Crippen molar-refractivity contribution in [2.75, 3.05) is 13.9 Å². The smallest absolute Gasteiger partial charge is 0.331 e. The van der Waals surface area contributed by atoms with Crippen LogP contribution in [-0.2, 0) is 14.3 Å². The first-order valence-corrected chi connectivity index (χ1v) is 7.30. The zero-order chi connectivity index (χ0) is 16.9. The van der Waals surface area contributed by atoms with Gasteiger partial charge in [0, 0.05) is 11.5 Å². The number of carbonyl (C=O) groups excluding carboxylic acids is 2. The maximum Gasteiger partial charge on any atom is 0.331 e. The van der Waals surface area contributed by atoms with Crippen LogP contribution in [0, 0.1) is 11.8 Å². The zero-order valence-corrected chi connectivity index (χ0v) is 13.4. The van der Waals surface area contributed by atoms with E-state index in [1.54, 1.807) is 25.1 Å². The summed E-state index contributed by atoms with van der Waals surface area (Å²) in [7, 11) is 1.29. The Hall–Kier alpha value is -2.68. The lowest BCUT2D eigenvalue weighted by Crippen LogP contribution is -2.52. The van der Waals surface area contributed by atoms with Gasteiger partial charge in [0.25, 0.3) is 5.91 Å². The summed E-state index contributed by atoms with van der Waals surface area (Å²) in [5.41, 5.74) is -0.455. The van der Waals surface area contributed by atoms with Crippen molar-refractivity contribution in [3.63, 3.8) is 0 Å². The molecule has 1 atom stereocenters. The third-order valence-corrected chi connectivity index (χ3v) is 3.47. The molecule has 2 rings (SSSR count). The summed E-state index contributed by atoms with van der Waals surface area (Å²) in [4.78, 5) is 23.9. The van der Waals surface area contributed by atoms with Crippen LogP contribution in [-0.4, -0.2) is 31.3 Å². The summed E-state index contributed by atoms with van der Waals surface area (Å²) in [6, 6.07) is 5.17. The number of ether oxygens (including phenoxy) is 3. The van der Waals surface area contributed by atoms with Gasteiger partial charge in [0.05, 0.1) is 7.11 Å². The summed E-state index contributed by atoms with van der Waals surface area (Å²) < 4.78 is 15.2. The van der Waals surface area contributed by atoms with Gasteiger partial charge in [0.15, 0.2) is 11.5 Å². The summed E-state index contributed by atoms with van der Waals surface area (Å²) in [5.74, 6) is 5.45. The molecule has 6 nitrogen and oxygen atoms in total. The second kappa shape index (κ2) is 7.05. The van der Waals surface area contributed by atoms with Crippen LogP contribution < -0.4 is 14.8 Å². The van der Waals surface area contributed by atoms with E-state index < -0.39 is 17.4 Å². The van der Waals surface area contributed by atoms with Crippen molar-refractivity contribution in [2.45, 2.75) is 32.2 Å². The molecular weight excluding hydrogens is 298 g/mol. The Balaban J connectivity index is 2.08. The van der Waals surface area contributed by atoms with Crippen LogP contribution in [0.4, 0.5) is 0 Å². The number of hydrogen-bond acceptors (Lipinski definition) is 5. The molecule has 6 heteroatoms. The maximum atomic E-state index is 12.0. The highest BCUT2D eigenvalue weighted by Crippen LogP contribution is 2.32. The Morgan fingerprint density at radius 1 is 1.35 bits per heavy atom. The van der Waals surface area contributed by atoms with Gasteiger partial charge < -0.3 is 19.5 Å². The quantitative estimate of drug-likeness (QED) is 0.675. The van der Waals surface area contributed by atoms with Crippen LogP contribution in [0.3, 0.4) is 0 Å². The van der Waals surface area contributed by atoms with Crippen LogP contribution in [0.1, 0.15) is 32.3 Å². The third kappa shape index (κ3) is 3.95. The van der Waals surface area contributed by atoms with Gasteiger partial charge in [0.2, 0.25) is 6.79 Å². The van der Waals surface area contributed by atoms with Crippen LogP contribution >= 0.6 is 0 Å². The molecule has 1 N–H and O–H groups in total. The second-order valence-corrected chi connectivity index (χ2v) is 5.35. The summed E-state index contributed by atoms with van der Waals surface area (Å²) in [6.45, 7) is 3.73. The Morgan fingerprint density at radius 3 is 2.78 bits per heavy atom. The average Bonchev–Trinajstić information content (AvgIpc) is 2.99. The normalized spacial score (nSPS) is 14.2. The molecule has 1 aromatic rings. The number of benzene rings is 1. The number of fused-ring (bicyclic) bond motifs is 1. The standard InChI is InChI=1S/C17H19NO5/c1-4-9-17(2,16(20)21-3)18-15(19)8-6-12-5-7-13-14(10-12)23-11-22-13/h5,7,10H,4,9,11H2,1-3H3,(H,18,19). The van der Waals surface area contributed by atoms with Gasteiger partial charge in [0.1, 0.15) is 5.54 Å². The van der Waals surface area contributed by atoms with E-state index in [2.05, 4.69) is 17.2 Å². The van der Waals surface area contributed by atoms with E-state index in [0.29, 0.717) is 23.5 Å². The predicted molar refractivity (Wildman–Crippen MR) is 82.9 cm³/mol. The molecular formula is C17H19NO5. The van der Waals surface area contributed by atoms with Gasteiger partial charge in [-0.2, -0.15) is 0 Å². The summed E-state index contributed by atoms with van der Waals surface area (Å²) in [6.07, 6.45) is 1.19. The minimum absolute atomic E-state index is 0.182. The molecule has 1 aromatic carbocycles. The zero-order valence-electron chi connectivity index (χ0n) is 13.4. The van der Waals surface area contributed by atoms with Gasteiger partial charge in [-0.3, -0.25) is 4.79 Å². The molecule has 23 heavy (non-hydrogen) atoms. The van der Waals surface area contributed by atoms with Crippen molar-refractivity contribution in [1.29, 1.82) is 0 Å². The van der Waals surface area contributed by atoms with Crippen LogP contribution in [0.5, 0.6) is 11.5 Å². The molecule has 1 heterocycles. The highest BCUT2D eigenvalue weighted by Gasteiger charge is 2.34. The van der Waals surface area contributed by atoms with E-state index in [4.69, 9.17) is 14.2 Å². The number of amides is 1. The monoisotopic (exact) mass is 317 g/mol. The van der Waals surface area contributed by atoms with Gasteiger partial charge in [-0.25, -0.2) is 4.79 Å². The molecule has 0 radical (unpaired) electrons. The fourth-order valence-electron chi connectivity index (χ4n) is 2.33. The fraction of sp³-hybridized carbons (Fsp3) is 0.412. The maximum absolute atomic E-state index is 12.0. The molecule has 1 aliphatic rings. The molecule has 0 aliphatic carbocycles. The van der Waals surface area contributed by atoms with Gasteiger partial charge >= 0.3 is 5.97 Å². The van der Waals surface area contributed by atoms with Crippen molar-refractivity contribution in [3.05, 3.63) is 23.8 Å². The van der Waals surface area contributed by atoms with Crippen LogP contribution in [0.15, 0.2) is 18.2 Å². The minimum Gasteiger partial charge on any atom is -0.467 e. The van der Waals surface area contributed by atoms with E-state index in [1.807, 2.05) is 6.92 Å². The minimum atomic E-state index is -1.08. The molecule has 122 valence electrons. The lowest BCUT2D eigenvalue weighted by Gasteiger charge is -2.26. The van der Waals surface area contributed by atoms with Gasteiger partial charge in [-0.15, -0.1) is 0 Å². The largest absolute Gasteiger partial charge is 0.467 e. The van der Waals surface area contributed by atoms with Crippen LogP contribution in [0.25, 0.3) is 0 Å². The summed E-state index contributed by atoms with van der Waals surface area (Å²) in [5, 5.41) is 2.62. The Morgan fingerprint density at radius 2 is 2.09 bits per heavy atom. The molecule has 0 saturated carbocycles. The first-order valence-electron chi connectivity index (χ1n) is 7.30. The van der Waals surface area contributed by atoms with Crippen molar-refractivity contribution < 1.29 is 23.8 Å². The first-order chi connectivity index (χ1) is 11.0. The molecule has 1 aliphatic heterocycles. The number of esters is 1. The second-order valence-electron chi connectivity index (χ2n) is 5.35. The van der Waals surface area contributed by atoms with Gasteiger partial charge in [-0.1, -0.05) is 19.3 Å². The van der Waals surface area contributed by atoms with Crippen molar-refractivity contribution in [2.24, 2.45) is 0 Å². The number of nitrogens with one attached hydrogen (secondary N) is 1. The molecule has 1 unspecified atom stereocenters. The van der Waals surface area contributed by atoms with E-state index in [0.717, 1.165) is 6.42 Å². The highest BCUT2D eigenvalue weighted by molar-refractivity contribution is 5.98. The highest BCUT2D eigenvalue weighted by atomic mass is 16.7. The Bertz CT molecular complexity index is 673. The van der Waals surface area contributed by atoms with Crippen molar-refractivity contribution in [1.82, 2.24) is 5.32 Å². The van der Waals surface area contributed by atoms with E-state index in [1.165, 1.54) is 7.11 Å². The molecule has 1 amide bonds.